The number of hydrogen-bond acceptors (Lipinski definition) is 1. The molecule has 3 aromatic rings. The molecule has 4 heteroatoms. The monoisotopic (exact) mass is 362 g/mol. The van der Waals surface area contributed by atoms with Crippen molar-refractivity contribution < 1.29 is 0 Å². The van der Waals surface area contributed by atoms with Crippen LogP contribution in [0.5, 0.6) is 0 Å². The second-order valence-corrected chi connectivity index (χ2v) is 6.41. The molecule has 1 aromatic heterocycles. The van der Waals surface area contributed by atoms with Crippen LogP contribution in [-0.4, -0.2) is 4.98 Å². The summed E-state index contributed by atoms with van der Waals surface area (Å²) < 4.78 is 1.09. The van der Waals surface area contributed by atoms with Crippen molar-refractivity contribution in [1.82, 2.24) is 10.3 Å². The number of halogens is 2. The first-order valence-electron chi connectivity index (χ1n) is 6.89. The number of hydrogen-bond donors (Lipinski definition) is 2. The summed E-state index contributed by atoms with van der Waals surface area (Å²) in [6.07, 6.45) is 0. The summed E-state index contributed by atoms with van der Waals surface area (Å²) in [6, 6.07) is 16.7. The molecule has 0 saturated carbocycles. The number of para-hydroxylation sites is 1. The van der Waals surface area contributed by atoms with E-state index in [1.807, 2.05) is 36.4 Å². The lowest BCUT2D eigenvalue weighted by molar-refractivity contribution is 0.569. The van der Waals surface area contributed by atoms with E-state index >= 15 is 0 Å². The van der Waals surface area contributed by atoms with Crippen LogP contribution in [0.2, 0.25) is 5.02 Å². The molecule has 0 aliphatic heterocycles. The average Bonchev–Trinajstić information content (AvgIpc) is 2.82. The van der Waals surface area contributed by atoms with Gasteiger partial charge >= 0.3 is 0 Å². The summed E-state index contributed by atoms with van der Waals surface area (Å²) >= 11 is 9.94. The van der Waals surface area contributed by atoms with Crippen LogP contribution in [-0.2, 0) is 6.54 Å². The molecular weight excluding hydrogens is 348 g/mol. The molecule has 0 aliphatic carbocycles. The van der Waals surface area contributed by atoms with Crippen LogP contribution in [0, 0.1) is 0 Å². The fourth-order valence-corrected chi connectivity index (χ4v) is 3.13. The molecule has 1 heterocycles. The van der Waals surface area contributed by atoms with Gasteiger partial charge in [-0.05, 0) is 30.7 Å². The smallest absolute Gasteiger partial charge is 0.0705 e. The minimum Gasteiger partial charge on any atom is -0.356 e. The second kappa shape index (κ2) is 6.22. The van der Waals surface area contributed by atoms with Gasteiger partial charge in [0.1, 0.15) is 0 Å². The third-order valence-electron chi connectivity index (χ3n) is 3.65. The maximum atomic E-state index is 6.43. The third-order valence-corrected chi connectivity index (χ3v) is 4.57. The molecule has 0 radical (unpaired) electrons. The number of nitrogens with one attached hydrogen (secondary N) is 2. The van der Waals surface area contributed by atoms with Crippen LogP contribution >= 0.6 is 27.5 Å². The van der Waals surface area contributed by atoms with Gasteiger partial charge in [0.05, 0.1) is 5.02 Å². The van der Waals surface area contributed by atoms with Gasteiger partial charge in [-0.2, -0.15) is 0 Å². The number of benzene rings is 2. The molecule has 0 fully saturated rings. The van der Waals surface area contributed by atoms with E-state index in [2.05, 4.69) is 45.3 Å². The van der Waals surface area contributed by atoms with Crippen molar-refractivity contribution in [1.29, 1.82) is 0 Å². The average molecular weight is 364 g/mol. The summed E-state index contributed by atoms with van der Waals surface area (Å²) in [5.74, 6) is 0. The molecule has 1 atom stereocenters. The number of aromatic amines is 1. The first kappa shape index (κ1) is 14.6. The van der Waals surface area contributed by atoms with Crippen LogP contribution < -0.4 is 5.32 Å². The van der Waals surface area contributed by atoms with Gasteiger partial charge in [0.25, 0.3) is 0 Å². The van der Waals surface area contributed by atoms with Crippen LogP contribution in [0.4, 0.5) is 0 Å². The molecule has 21 heavy (non-hydrogen) atoms. The molecule has 1 unspecified atom stereocenters. The molecule has 108 valence electrons. The lowest BCUT2D eigenvalue weighted by Crippen LogP contribution is -2.18. The maximum Gasteiger partial charge on any atom is 0.0705 e. The topological polar surface area (TPSA) is 27.8 Å². The third kappa shape index (κ3) is 3.15. The van der Waals surface area contributed by atoms with Gasteiger partial charge in [-0.25, -0.2) is 0 Å². The Morgan fingerprint density at radius 2 is 2.00 bits per heavy atom. The van der Waals surface area contributed by atoms with E-state index in [1.165, 1.54) is 5.56 Å². The van der Waals surface area contributed by atoms with Crippen LogP contribution in [0.3, 0.4) is 0 Å². The van der Waals surface area contributed by atoms with Gasteiger partial charge in [0, 0.05) is 33.7 Å². The largest absolute Gasteiger partial charge is 0.356 e. The maximum absolute atomic E-state index is 6.43. The molecule has 0 amide bonds. The zero-order chi connectivity index (χ0) is 14.8. The fraction of sp³-hybridized carbons (Fsp3) is 0.176. The Kier molecular flexibility index (Phi) is 4.34. The highest BCUT2D eigenvalue weighted by atomic mass is 79.9. The highest BCUT2D eigenvalue weighted by Gasteiger charge is 2.11. The van der Waals surface area contributed by atoms with Crippen molar-refractivity contribution >= 4 is 38.4 Å². The van der Waals surface area contributed by atoms with E-state index in [0.717, 1.165) is 26.1 Å². The molecule has 2 N–H and O–H groups in total. The Morgan fingerprint density at radius 1 is 1.19 bits per heavy atom. The van der Waals surface area contributed by atoms with Crippen molar-refractivity contribution in [3.8, 4) is 0 Å². The van der Waals surface area contributed by atoms with Crippen LogP contribution in [0.1, 0.15) is 24.2 Å². The predicted octanol–water partition coefficient (Wildman–Crippen LogP) is 5.43. The minimum atomic E-state index is 0.255. The normalized spacial score (nSPS) is 12.7. The first-order valence-corrected chi connectivity index (χ1v) is 8.06. The lowest BCUT2D eigenvalue weighted by Gasteiger charge is -2.14. The fourth-order valence-electron chi connectivity index (χ4n) is 2.43. The van der Waals surface area contributed by atoms with E-state index < -0.39 is 0 Å². The van der Waals surface area contributed by atoms with E-state index in [1.54, 1.807) is 0 Å². The highest BCUT2D eigenvalue weighted by Crippen LogP contribution is 2.27. The SMILES string of the molecule is CC(NCc1[nH]c2ccccc2c1Cl)c1cccc(Br)c1. The van der Waals surface area contributed by atoms with Gasteiger partial charge in [-0.1, -0.05) is 57.9 Å². The minimum absolute atomic E-state index is 0.255. The second-order valence-electron chi connectivity index (χ2n) is 5.12. The molecule has 0 bridgehead atoms. The summed E-state index contributed by atoms with van der Waals surface area (Å²) in [5, 5.41) is 5.39. The standard InChI is InChI=1S/C17H16BrClN2/c1-11(12-5-4-6-13(18)9-12)20-10-16-17(19)14-7-2-3-8-15(14)21-16/h2-9,11,20-21H,10H2,1H3. The Morgan fingerprint density at radius 3 is 2.76 bits per heavy atom. The number of rotatable bonds is 4. The van der Waals surface area contributed by atoms with Crippen molar-refractivity contribution in [3.05, 3.63) is 69.3 Å². The van der Waals surface area contributed by atoms with E-state index in [0.29, 0.717) is 6.54 Å². The first-order chi connectivity index (χ1) is 10.1. The van der Waals surface area contributed by atoms with Gasteiger partial charge in [0.2, 0.25) is 0 Å². The highest BCUT2D eigenvalue weighted by molar-refractivity contribution is 9.10. The Balaban J connectivity index is 1.75. The van der Waals surface area contributed by atoms with Crippen LogP contribution in [0.25, 0.3) is 10.9 Å². The Labute approximate surface area is 137 Å². The quantitative estimate of drug-likeness (QED) is 0.635. The Bertz CT molecular complexity index is 766. The van der Waals surface area contributed by atoms with Crippen molar-refractivity contribution in [2.45, 2.75) is 19.5 Å². The number of aromatic nitrogens is 1. The van der Waals surface area contributed by atoms with Crippen LogP contribution in [0.15, 0.2) is 53.0 Å². The van der Waals surface area contributed by atoms with Gasteiger partial charge in [-0.15, -0.1) is 0 Å². The van der Waals surface area contributed by atoms with E-state index in [-0.39, 0.29) is 6.04 Å². The molecule has 0 aliphatic rings. The zero-order valence-electron chi connectivity index (χ0n) is 11.7. The number of H-pyrrole nitrogens is 1. The molecular formula is C17H16BrClN2. The molecule has 2 aromatic carbocycles. The van der Waals surface area contributed by atoms with Gasteiger partial charge in [0.15, 0.2) is 0 Å². The van der Waals surface area contributed by atoms with E-state index in [4.69, 9.17) is 11.6 Å². The van der Waals surface area contributed by atoms with Crippen molar-refractivity contribution in [2.24, 2.45) is 0 Å². The summed E-state index contributed by atoms with van der Waals surface area (Å²) in [5.41, 5.74) is 3.35. The summed E-state index contributed by atoms with van der Waals surface area (Å²) in [4.78, 5) is 3.38. The van der Waals surface area contributed by atoms with Gasteiger partial charge in [-0.3, -0.25) is 0 Å². The zero-order valence-corrected chi connectivity index (χ0v) is 14.0. The molecule has 2 nitrogen and oxygen atoms in total. The molecule has 0 saturated heterocycles. The number of fused-ring (bicyclic) bond motifs is 1. The molecule has 3 rings (SSSR count). The summed E-state index contributed by atoms with van der Waals surface area (Å²) in [6.45, 7) is 2.86. The Hall–Kier alpha value is -1.29. The van der Waals surface area contributed by atoms with Gasteiger partial charge < -0.3 is 10.3 Å². The molecule has 0 spiro atoms. The van der Waals surface area contributed by atoms with E-state index in [9.17, 15) is 0 Å². The summed E-state index contributed by atoms with van der Waals surface area (Å²) in [7, 11) is 0. The lowest BCUT2D eigenvalue weighted by atomic mass is 10.1. The van der Waals surface area contributed by atoms with Crippen molar-refractivity contribution in [3.63, 3.8) is 0 Å². The van der Waals surface area contributed by atoms with Crippen molar-refractivity contribution in [2.75, 3.05) is 0 Å². The predicted molar refractivity (Wildman–Crippen MR) is 92.7 cm³/mol.